The molecule has 5 rings (SSSR count). The summed E-state index contributed by atoms with van der Waals surface area (Å²) in [7, 11) is 0. The zero-order chi connectivity index (χ0) is 18.4. The minimum absolute atomic E-state index is 0.211. The summed E-state index contributed by atoms with van der Waals surface area (Å²) in [6.45, 7) is 0.913. The molecule has 0 saturated carbocycles. The molecule has 3 heterocycles. The van der Waals surface area contributed by atoms with Gasteiger partial charge >= 0.3 is 5.95 Å². The van der Waals surface area contributed by atoms with E-state index in [4.69, 9.17) is 9.47 Å². The second-order valence-corrected chi connectivity index (χ2v) is 6.64. The summed E-state index contributed by atoms with van der Waals surface area (Å²) in [5, 5.41) is 11.6. The molecule has 2 aliphatic heterocycles. The molecule has 6 nitrogen and oxygen atoms in total. The van der Waals surface area contributed by atoms with Gasteiger partial charge in [-0.1, -0.05) is 11.1 Å². The van der Waals surface area contributed by atoms with Gasteiger partial charge in [0.05, 0.1) is 12.7 Å². The van der Waals surface area contributed by atoms with Crippen molar-refractivity contribution in [1.82, 2.24) is 4.98 Å². The number of nitrogens with zero attached hydrogens (tertiary/aromatic N) is 3. The normalized spacial score (nSPS) is 20.0. The molecule has 0 saturated heterocycles. The van der Waals surface area contributed by atoms with Crippen molar-refractivity contribution in [2.45, 2.75) is 18.8 Å². The van der Waals surface area contributed by atoms with Crippen molar-refractivity contribution in [1.29, 1.82) is 0 Å². The molecule has 0 unspecified atom stereocenters. The molecule has 0 bridgehead atoms. The third-order valence-corrected chi connectivity index (χ3v) is 4.96. The van der Waals surface area contributed by atoms with Gasteiger partial charge in [-0.05, 0) is 42.0 Å². The van der Waals surface area contributed by atoms with Crippen LogP contribution in [0.4, 0.5) is 10.3 Å². The van der Waals surface area contributed by atoms with Crippen LogP contribution in [-0.4, -0.2) is 16.9 Å². The van der Waals surface area contributed by atoms with Crippen molar-refractivity contribution in [2.75, 3.05) is 11.7 Å². The van der Waals surface area contributed by atoms with Crippen LogP contribution >= 0.6 is 0 Å². The average molecular weight is 366 g/mol. The minimum Gasteiger partial charge on any atom is -0.454 e. The maximum Gasteiger partial charge on any atom is 0.397 e. The molecule has 0 fully saturated rings. The van der Waals surface area contributed by atoms with Gasteiger partial charge in [-0.3, -0.25) is 0 Å². The Kier molecular flexibility index (Phi) is 3.51. The summed E-state index contributed by atoms with van der Waals surface area (Å²) < 4.78 is 26.1. The van der Waals surface area contributed by atoms with E-state index < -0.39 is 5.72 Å². The molecule has 0 amide bonds. The molecule has 1 N–H and O–H groups in total. The molecule has 3 aromatic rings. The van der Waals surface area contributed by atoms with Gasteiger partial charge in [0.25, 0.3) is 0 Å². The first-order chi connectivity index (χ1) is 13.1. The molecule has 2 aromatic carbocycles. The van der Waals surface area contributed by atoms with E-state index >= 15 is 0 Å². The molecule has 0 radical (unpaired) electrons. The number of halogens is 1. The third kappa shape index (κ3) is 2.59. The first-order valence-electron chi connectivity index (χ1n) is 8.62. The van der Waals surface area contributed by atoms with Crippen LogP contribution in [0.25, 0.3) is 0 Å². The van der Waals surface area contributed by atoms with Crippen LogP contribution in [0.3, 0.4) is 0 Å². The highest BCUT2D eigenvalue weighted by Crippen LogP contribution is 2.37. The summed E-state index contributed by atoms with van der Waals surface area (Å²) >= 11 is 0. The van der Waals surface area contributed by atoms with Crippen molar-refractivity contribution in [3.8, 4) is 11.5 Å². The van der Waals surface area contributed by atoms with E-state index in [1.54, 1.807) is 18.3 Å². The Hall–Kier alpha value is -3.19. The summed E-state index contributed by atoms with van der Waals surface area (Å²) in [6, 6.07) is 13.4. The van der Waals surface area contributed by atoms with Crippen molar-refractivity contribution in [3.63, 3.8) is 0 Å². The second kappa shape index (κ2) is 5.92. The molecule has 1 atom stereocenters. The maximum atomic E-state index is 13.4. The van der Waals surface area contributed by atoms with E-state index in [9.17, 15) is 9.50 Å². The molecule has 27 heavy (non-hydrogen) atoms. The van der Waals surface area contributed by atoms with E-state index in [-0.39, 0.29) is 12.6 Å². The van der Waals surface area contributed by atoms with Gasteiger partial charge in [-0.2, -0.15) is 0 Å². The molecule has 136 valence electrons. The number of fused-ring (bicyclic) bond motifs is 2. The maximum absolute atomic E-state index is 13.4. The molecule has 0 spiro atoms. The van der Waals surface area contributed by atoms with Crippen LogP contribution in [0.5, 0.6) is 11.5 Å². The zero-order valence-electron chi connectivity index (χ0n) is 14.4. The van der Waals surface area contributed by atoms with E-state index in [0.29, 0.717) is 36.1 Å². The van der Waals surface area contributed by atoms with Crippen molar-refractivity contribution < 1.29 is 23.5 Å². The van der Waals surface area contributed by atoms with E-state index in [2.05, 4.69) is 4.98 Å². The molecule has 0 aliphatic carbocycles. The fourth-order valence-electron chi connectivity index (χ4n) is 3.62. The Morgan fingerprint density at radius 3 is 2.81 bits per heavy atom. The predicted molar refractivity (Wildman–Crippen MR) is 93.5 cm³/mol. The Balaban J connectivity index is 1.56. The molecular formula is C20H17FN3O3+. The number of hydrogen-bond donors (Lipinski definition) is 1. The highest BCUT2D eigenvalue weighted by atomic mass is 19.1. The van der Waals surface area contributed by atoms with Gasteiger partial charge in [0.2, 0.25) is 12.5 Å². The van der Waals surface area contributed by atoms with E-state index in [0.717, 1.165) is 5.56 Å². The van der Waals surface area contributed by atoms with E-state index in [1.165, 1.54) is 12.1 Å². The number of hydrogen-bond acceptors (Lipinski definition) is 5. The second-order valence-electron chi connectivity index (χ2n) is 6.64. The topological polar surface area (TPSA) is 58.7 Å². The fourth-order valence-corrected chi connectivity index (χ4v) is 3.62. The Morgan fingerprint density at radius 2 is 1.96 bits per heavy atom. The molecule has 2 aliphatic rings. The summed E-state index contributed by atoms with van der Waals surface area (Å²) in [4.78, 5) is 6.26. The smallest absolute Gasteiger partial charge is 0.397 e. The minimum atomic E-state index is -1.34. The van der Waals surface area contributed by atoms with Crippen LogP contribution < -0.4 is 18.9 Å². The predicted octanol–water partition coefficient (Wildman–Crippen LogP) is 2.10. The number of anilines is 1. The first kappa shape index (κ1) is 16.0. The van der Waals surface area contributed by atoms with Crippen LogP contribution in [0.1, 0.15) is 11.1 Å². The largest absolute Gasteiger partial charge is 0.454 e. The van der Waals surface area contributed by atoms with Gasteiger partial charge in [-0.25, -0.2) is 13.9 Å². The van der Waals surface area contributed by atoms with Crippen molar-refractivity contribution in [3.05, 3.63) is 77.9 Å². The summed E-state index contributed by atoms with van der Waals surface area (Å²) in [5.74, 6) is 1.70. The van der Waals surface area contributed by atoms with Crippen molar-refractivity contribution in [2.24, 2.45) is 0 Å². The van der Waals surface area contributed by atoms with Crippen LogP contribution in [0.2, 0.25) is 0 Å². The van der Waals surface area contributed by atoms with Crippen molar-refractivity contribution >= 4 is 5.95 Å². The fraction of sp³-hybridized carbons (Fsp3) is 0.200. The van der Waals surface area contributed by atoms with Crippen LogP contribution in [0.15, 0.2) is 60.9 Å². The van der Waals surface area contributed by atoms with Gasteiger partial charge in [0.1, 0.15) is 18.6 Å². The standard InChI is InChI=1S/C20H17FN3O3/c21-16-5-3-15(4-6-16)20(25)12-23-9-1-8-22-19(23)24(20)11-14-2-7-17-18(10-14)27-13-26-17/h1-10,25H,11-13H2/q+1/t20-/m1/s1. The van der Waals surface area contributed by atoms with Gasteiger partial charge in [0.15, 0.2) is 11.5 Å². The molecular weight excluding hydrogens is 349 g/mol. The summed E-state index contributed by atoms with van der Waals surface area (Å²) in [6.07, 6.45) is 3.56. The quantitative estimate of drug-likeness (QED) is 0.720. The lowest BCUT2D eigenvalue weighted by Gasteiger charge is -2.28. The third-order valence-electron chi connectivity index (χ3n) is 4.96. The number of aliphatic hydroxyl groups is 1. The lowest BCUT2D eigenvalue weighted by Crippen LogP contribution is -2.45. The number of rotatable bonds is 3. The first-order valence-corrected chi connectivity index (χ1v) is 8.62. The highest BCUT2D eigenvalue weighted by molar-refractivity contribution is 5.47. The number of aromatic nitrogens is 2. The average Bonchev–Trinajstić information content (AvgIpc) is 3.25. The SMILES string of the molecule is O[C@@]1(c2ccc(F)cc2)C[n+]2cccnc2N1Cc1ccc2c(c1)OCO2. The van der Waals surface area contributed by atoms with Gasteiger partial charge in [0, 0.05) is 11.6 Å². The molecule has 1 aromatic heterocycles. The molecule has 7 heteroatoms. The van der Waals surface area contributed by atoms with Crippen LogP contribution in [-0.2, 0) is 18.8 Å². The zero-order valence-corrected chi connectivity index (χ0v) is 14.4. The Bertz CT molecular complexity index is 1010. The van der Waals surface area contributed by atoms with Gasteiger partial charge < -0.3 is 14.6 Å². The summed E-state index contributed by atoms with van der Waals surface area (Å²) in [5.41, 5.74) is 0.208. The van der Waals surface area contributed by atoms with E-state index in [1.807, 2.05) is 39.9 Å². The lowest BCUT2D eigenvalue weighted by atomic mass is 10.0. The van der Waals surface area contributed by atoms with Crippen LogP contribution in [0, 0.1) is 5.82 Å². The Morgan fingerprint density at radius 1 is 1.15 bits per heavy atom. The number of ether oxygens (including phenoxy) is 2. The van der Waals surface area contributed by atoms with Gasteiger partial charge in [-0.15, -0.1) is 0 Å². The Labute approximate surface area is 155 Å². The monoisotopic (exact) mass is 366 g/mol. The number of benzene rings is 2. The lowest BCUT2D eigenvalue weighted by molar-refractivity contribution is -0.685. The highest BCUT2D eigenvalue weighted by Gasteiger charge is 2.51.